The zero-order valence-electron chi connectivity index (χ0n) is 21.0. The van der Waals surface area contributed by atoms with Crippen LogP contribution in [0.5, 0.6) is 0 Å². The van der Waals surface area contributed by atoms with Gasteiger partial charge >= 0.3 is 6.09 Å². The lowest BCUT2D eigenvalue weighted by molar-refractivity contribution is -0.0339. The van der Waals surface area contributed by atoms with Gasteiger partial charge in [-0.05, 0) is 94.2 Å². The SMILES string of the molecule is Cc1c(Cl)cccc1C1(Nc2ccc3cccnc3c2)CC2(CCN(C(=O)OC(C)(C)C)CC2)C1. The molecule has 1 N–H and O–H groups in total. The first kappa shape index (κ1) is 23.9. The normalized spacial score (nSPS) is 18.8. The number of aromatic nitrogens is 1. The second kappa shape index (κ2) is 8.70. The summed E-state index contributed by atoms with van der Waals surface area (Å²) in [5.74, 6) is 0. The van der Waals surface area contributed by atoms with Crippen LogP contribution in [0.25, 0.3) is 10.9 Å². The zero-order valence-corrected chi connectivity index (χ0v) is 21.8. The molecule has 2 heterocycles. The average molecular weight is 492 g/mol. The summed E-state index contributed by atoms with van der Waals surface area (Å²) in [6, 6.07) is 16.7. The molecule has 6 heteroatoms. The van der Waals surface area contributed by atoms with E-state index >= 15 is 0 Å². The number of halogens is 1. The quantitative estimate of drug-likeness (QED) is 0.417. The van der Waals surface area contributed by atoms with E-state index in [9.17, 15) is 4.79 Å². The topological polar surface area (TPSA) is 54.5 Å². The van der Waals surface area contributed by atoms with E-state index in [4.69, 9.17) is 16.3 Å². The predicted molar refractivity (Wildman–Crippen MR) is 142 cm³/mol. The van der Waals surface area contributed by atoms with Crippen molar-refractivity contribution in [3.05, 3.63) is 70.9 Å². The van der Waals surface area contributed by atoms with E-state index < -0.39 is 5.60 Å². The van der Waals surface area contributed by atoms with Crippen molar-refractivity contribution < 1.29 is 9.53 Å². The third kappa shape index (κ3) is 4.71. The van der Waals surface area contributed by atoms with Crippen molar-refractivity contribution in [3.63, 3.8) is 0 Å². The van der Waals surface area contributed by atoms with Gasteiger partial charge in [-0.15, -0.1) is 0 Å². The first-order chi connectivity index (χ1) is 16.6. The van der Waals surface area contributed by atoms with Gasteiger partial charge in [0.15, 0.2) is 0 Å². The summed E-state index contributed by atoms with van der Waals surface area (Å²) < 4.78 is 5.60. The highest BCUT2D eigenvalue weighted by molar-refractivity contribution is 6.31. The highest BCUT2D eigenvalue weighted by Crippen LogP contribution is 2.61. The van der Waals surface area contributed by atoms with E-state index in [0.29, 0.717) is 0 Å². The summed E-state index contributed by atoms with van der Waals surface area (Å²) >= 11 is 6.57. The van der Waals surface area contributed by atoms with Crippen molar-refractivity contribution in [2.75, 3.05) is 18.4 Å². The second-order valence-electron chi connectivity index (χ2n) is 11.4. The molecular weight excluding hydrogens is 458 g/mol. The Kier molecular flexibility index (Phi) is 5.95. The molecule has 2 aromatic carbocycles. The Bertz CT molecular complexity index is 1250. The zero-order chi connectivity index (χ0) is 24.8. The minimum atomic E-state index is -0.472. The Balaban J connectivity index is 1.39. The Morgan fingerprint density at radius 1 is 1.09 bits per heavy atom. The maximum Gasteiger partial charge on any atom is 0.410 e. The van der Waals surface area contributed by atoms with E-state index in [1.807, 2.05) is 50.1 Å². The minimum Gasteiger partial charge on any atom is -0.444 e. The monoisotopic (exact) mass is 491 g/mol. The standard InChI is InChI=1S/C29H34ClN3O2/c1-20-23(8-5-9-24(20)30)29(32-22-11-10-21-7-6-14-31-25(21)17-22)18-28(19-29)12-15-33(16-13-28)26(34)35-27(2,3)4/h5-11,14,17,32H,12-13,15-16,18-19H2,1-4H3. The molecule has 5 nitrogen and oxygen atoms in total. The minimum absolute atomic E-state index is 0.203. The number of hydrogen-bond donors (Lipinski definition) is 1. The molecule has 1 amide bonds. The Morgan fingerprint density at radius 3 is 2.54 bits per heavy atom. The van der Waals surface area contributed by atoms with Crippen LogP contribution in [-0.2, 0) is 10.3 Å². The van der Waals surface area contributed by atoms with Gasteiger partial charge in [0.1, 0.15) is 5.60 Å². The fourth-order valence-corrected chi connectivity index (χ4v) is 6.14. The number of piperidine rings is 1. The first-order valence-corrected chi connectivity index (χ1v) is 12.8. The molecule has 1 spiro atoms. The average Bonchev–Trinajstić information content (AvgIpc) is 2.79. The van der Waals surface area contributed by atoms with Crippen LogP contribution in [0.1, 0.15) is 57.6 Å². The van der Waals surface area contributed by atoms with Crippen molar-refractivity contribution >= 4 is 34.3 Å². The summed E-state index contributed by atoms with van der Waals surface area (Å²) in [5, 5.41) is 5.83. The number of likely N-dealkylation sites (tertiary alicyclic amines) is 1. The van der Waals surface area contributed by atoms with Crippen LogP contribution in [0.4, 0.5) is 10.5 Å². The number of benzene rings is 2. The van der Waals surface area contributed by atoms with Crippen LogP contribution >= 0.6 is 11.6 Å². The van der Waals surface area contributed by atoms with Gasteiger partial charge in [0.05, 0.1) is 11.1 Å². The molecule has 0 atom stereocenters. The molecule has 1 saturated heterocycles. The van der Waals surface area contributed by atoms with E-state index in [1.165, 1.54) is 5.56 Å². The van der Waals surface area contributed by atoms with Gasteiger partial charge in [-0.3, -0.25) is 4.98 Å². The molecule has 2 aliphatic rings. The van der Waals surface area contributed by atoms with Gasteiger partial charge in [-0.2, -0.15) is 0 Å². The number of fused-ring (bicyclic) bond motifs is 1. The smallest absolute Gasteiger partial charge is 0.410 e. The highest BCUT2D eigenvalue weighted by atomic mass is 35.5. The van der Waals surface area contributed by atoms with Crippen LogP contribution in [0.15, 0.2) is 54.7 Å². The predicted octanol–water partition coefficient (Wildman–Crippen LogP) is 7.32. The highest BCUT2D eigenvalue weighted by Gasteiger charge is 2.57. The molecule has 1 aliphatic heterocycles. The fourth-order valence-electron chi connectivity index (χ4n) is 5.96. The van der Waals surface area contributed by atoms with Gasteiger partial charge in [0, 0.05) is 35.4 Å². The molecule has 184 valence electrons. The summed E-state index contributed by atoms with van der Waals surface area (Å²) in [5.41, 5.74) is 3.96. The molecule has 0 unspecified atom stereocenters. The number of amides is 1. The maximum absolute atomic E-state index is 12.6. The van der Waals surface area contributed by atoms with E-state index in [-0.39, 0.29) is 17.0 Å². The molecule has 1 aromatic heterocycles. The van der Waals surface area contributed by atoms with Gasteiger partial charge < -0.3 is 15.0 Å². The van der Waals surface area contributed by atoms with Crippen LogP contribution in [0.2, 0.25) is 5.02 Å². The van der Waals surface area contributed by atoms with Crippen LogP contribution in [0, 0.1) is 12.3 Å². The van der Waals surface area contributed by atoms with Gasteiger partial charge in [-0.1, -0.05) is 35.9 Å². The largest absolute Gasteiger partial charge is 0.444 e. The number of nitrogens with zero attached hydrogens (tertiary/aromatic N) is 2. The summed E-state index contributed by atoms with van der Waals surface area (Å²) in [6.45, 7) is 9.33. The molecule has 0 radical (unpaired) electrons. The molecule has 0 bridgehead atoms. The molecule has 2 fully saturated rings. The van der Waals surface area contributed by atoms with Crippen molar-refractivity contribution in [2.45, 2.75) is 64.5 Å². The molecular formula is C29H34ClN3O2. The number of hydrogen-bond acceptors (Lipinski definition) is 4. The lowest BCUT2D eigenvalue weighted by Crippen LogP contribution is -2.58. The van der Waals surface area contributed by atoms with Crippen molar-refractivity contribution in [2.24, 2.45) is 5.41 Å². The third-order valence-corrected chi connectivity index (χ3v) is 8.01. The first-order valence-electron chi connectivity index (χ1n) is 12.4. The summed E-state index contributed by atoms with van der Waals surface area (Å²) in [6.07, 6.45) is 5.60. The third-order valence-electron chi connectivity index (χ3n) is 7.60. The van der Waals surface area contributed by atoms with E-state index in [2.05, 4.69) is 47.6 Å². The number of anilines is 1. The van der Waals surface area contributed by atoms with E-state index in [0.717, 1.165) is 65.9 Å². The number of carbonyl (C=O) groups excluding carboxylic acids is 1. The van der Waals surface area contributed by atoms with Crippen LogP contribution < -0.4 is 5.32 Å². The fraction of sp³-hybridized carbons (Fsp3) is 0.448. The molecule has 35 heavy (non-hydrogen) atoms. The molecule has 5 rings (SSSR count). The lowest BCUT2D eigenvalue weighted by atomic mass is 9.51. The number of nitrogens with one attached hydrogen (secondary N) is 1. The number of rotatable bonds is 3. The number of pyridine rings is 1. The Labute approximate surface area is 212 Å². The maximum atomic E-state index is 12.6. The van der Waals surface area contributed by atoms with Gasteiger partial charge in [0.2, 0.25) is 0 Å². The van der Waals surface area contributed by atoms with Gasteiger partial charge in [-0.25, -0.2) is 4.79 Å². The molecule has 1 aliphatic carbocycles. The van der Waals surface area contributed by atoms with Crippen LogP contribution in [0.3, 0.4) is 0 Å². The molecule has 3 aromatic rings. The summed E-state index contributed by atoms with van der Waals surface area (Å²) in [4.78, 5) is 19.0. The lowest BCUT2D eigenvalue weighted by Gasteiger charge is -2.60. The molecule has 1 saturated carbocycles. The Hall–Kier alpha value is -2.79. The van der Waals surface area contributed by atoms with Gasteiger partial charge in [0.25, 0.3) is 0 Å². The van der Waals surface area contributed by atoms with Crippen molar-refractivity contribution in [1.29, 1.82) is 0 Å². The number of carbonyl (C=O) groups is 1. The van der Waals surface area contributed by atoms with Crippen LogP contribution in [-0.4, -0.2) is 34.7 Å². The second-order valence-corrected chi connectivity index (χ2v) is 11.8. The van der Waals surface area contributed by atoms with E-state index in [1.54, 1.807) is 0 Å². The van der Waals surface area contributed by atoms with Crippen molar-refractivity contribution in [3.8, 4) is 0 Å². The summed E-state index contributed by atoms with van der Waals surface area (Å²) in [7, 11) is 0. The van der Waals surface area contributed by atoms with Crippen molar-refractivity contribution in [1.82, 2.24) is 9.88 Å². The number of ether oxygens (including phenoxy) is 1. The Morgan fingerprint density at radius 2 is 1.83 bits per heavy atom.